The highest BCUT2D eigenvalue weighted by Crippen LogP contribution is 2.52. The third kappa shape index (κ3) is 3.92. The van der Waals surface area contributed by atoms with Crippen molar-refractivity contribution in [1.82, 2.24) is 14.7 Å². The van der Waals surface area contributed by atoms with Gasteiger partial charge in [-0.3, -0.25) is 0 Å². The van der Waals surface area contributed by atoms with Gasteiger partial charge >= 0.3 is 0 Å². The van der Waals surface area contributed by atoms with Crippen LogP contribution in [-0.4, -0.2) is 32.4 Å². The Hall–Kier alpha value is -2.14. The molecule has 0 bridgehead atoms. The Labute approximate surface area is 182 Å². The lowest BCUT2D eigenvalue weighted by atomic mass is 9.73. The van der Waals surface area contributed by atoms with Crippen LogP contribution in [0.5, 0.6) is 0 Å². The summed E-state index contributed by atoms with van der Waals surface area (Å²) < 4.78 is 16.2. The lowest BCUT2D eigenvalue weighted by molar-refractivity contribution is 0.175. The van der Waals surface area contributed by atoms with Gasteiger partial charge in [0.1, 0.15) is 16.5 Å². The number of nitrogens with zero attached hydrogens (tertiary/aromatic N) is 4. The van der Waals surface area contributed by atoms with Gasteiger partial charge in [-0.05, 0) is 64.2 Å². The Morgan fingerprint density at radius 1 is 1.23 bits per heavy atom. The number of nitrogens with one attached hydrogen (secondary N) is 1. The Morgan fingerprint density at radius 2 is 1.93 bits per heavy atom. The molecule has 2 aliphatic rings. The standard InChI is InChI=1S/C23H29N5OS/c1-16-13-18(15-24)26-21(25-16)28-11-9-23(10-12-28)14-17-7-5-6-8-19(17)20(23)27-30(29)22(2,3)4/h5-8,13,20,27H,9-12,14H2,1-4H3/t20-,30-/m1/s1. The van der Waals surface area contributed by atoms with Crippen molar-refractivity contribution in [2.75, 3.05) is 18.0 Å². The summed E-state index contributed by atoms with van der Waals surface area (Å²) >= 11 is -1.14. The van der Waals surface area contributed by atoms with Crippen LogP contribution in [0.25, 0.3) is 0 Å². The van der Waals surface area contributed by atoms with Gasteiger partial charge in [0, 0.05) is 35.6 Å². The highest BCUT2D eigenvalue weighted by Gasteiger charge is 2.50. The summed E-state index contributed by atoms with van der Waals surface area (Å²) in [5.41, 5.74) is 3.88. The second-order valence-electron chi connectivity index (χ2n) is 9.46. The summed E-state index contributed by atoms with van der Waals surface area (Å²) in [5, 5.41) is 9.24. The average Bonchev–Trinajstić information content (AvgIpc) is 3.00. The molecule has 0 amide bonds. The first kappa shape index (κ1) is 21.1. The monoisotopic (exact) mass is 423 g/mol. The Bertz CT molecular complexity index is 972. The first-order chi connectivity index (χ1) is 14.2. The quantitative estimate of drug-likeness (QED) is 0.759. The molecule has 2 heterocycles. The first-order valence-corrected chi connectivity index (χ1v) is 11.6. The van der Waals surface area contributed by atoms with Gasteiger partial charge in [0.15, 0.2) is 0 Å². The highest BCUT2D eigenvalue weighted by atomic mass is 32.2. The Kier molecular flexibility index (Phi) is 5.52. The molecule has 1 aromatic carbocycles. The molecule has 0 saturated carbocycles. The first-order valence-electron chi connectivity index (χ1n) is 10.5. The SMILES string of the molecule is Cc1cc(C#N)nc(N2CCC3(CC2)Cc2ccccc2[C@H]3N[S@+]([O-])C(C)(C)C)n1. The van der Waals surface area contributed by atoms with Gasteiger partial charge in [-0.2, -0.15) is 5.26 Å². The second-order valence-corrected chi connectivity index (χ2v) is 11.5. The van der Waals surface area contributed by atoms with Gasteiger partial charge in [0.25, 0.3) is 0 Å². The van der Waals surface area contributed by atoms with E-state index < -0.39 is 11.4 Å². The molecule has 1 fully saturated rings. The molecular weight excluding hydrogens is 394 g/mol. The van der Waals surface area contributed by atoms with Gasteiger partial charge < -0.3 is 9.45 Å². The zero-order chi connectivity index (χ0) is 21.5. The van der Waals surface area contributed by atoms with E-state index in [1.165, 1.54) is 11.1 Å². The third-order valence-electron chi connectivity index (χ3n) is 6.30. The molecule has 0 radical (unpaired) electrons. The van der Waals surface area contributed by atoms with E-state index in [1.54, 1.807) is 6.07 Å². The van der Waals surface area contributed by atoms with Crippen LogP contribution >= 0.6 is 0 Å². The fourth-order valence-corrected chi connectivity index (χ4v) is 5.57. The zero-order valence-corrected chi connectivity index (χ0v) is 18.9. The summed E-state index contributed by atoms with van der Waals surface area (Å²) in [5.74, 6) is 0.639. The Balaban J connectivity index is 1.58. The van der Waals surface area contributed by atoms with Crippen molar-refractivity contribution < 1.29 is 4.55 Å². The summed E-state index contributed by atoms with van der Waals surface area (Å²) in [6, 6.07) is 12.5. The number of aromatic nitrogens is 2. The number of hydrogen-bond donors (Lipinski definition) is 1. The molecule has 1 N–H and O–H groups in total. The van der Waals surface area contributed by atoms with Crippen molar-refractivity contribution in [3.8, 4) is 6.07 Å². The van der Waals surface area contributed by atoms with Crippen molar-refractivity contribution in [1.29, 1.82) is 5.26 Å². The number of fused-ring (bicyclic) bond motifs is 1. The minimum absolute atomic E-state index is 0.0307. The van der Waals surface area contributed by atoms with E-state index >= 15 is 0 Å². The number of benzene rings is 1. The number of anilines is 1. The molecule has 0 unspecified atom stereocenters. The molecular formula is C23H29N5OS. The minimum atomic E-state index is -1.14. The normalized spacial score (nSPS) is 21.3. The fourth-order valence-electron chi connectivity index (χ4n) is 4.63. The fraction of sp³-hybridized carbons (Fsp3) is 0.522. The van der Waals surface area contributed by atoms with E-state index in [9.17, 15) is 9.81 Å². The molecule has 4 rings (SSSR count). The molecule has 1 aromatic heterocycles. The summed E-state index contributed by atoms with van der Waals surface area (Å²) in [6.07, 6.45) is 2.91. The van der Waals surface area contributed by atoms with Crippen LogP contribution in [0.1, 0.15) is 62.2 Å². The van der Waals surface area contributed by atoms with Crippen LogP contribution in [0.15, 0.2) is 30.3 Å². The van der Waals surface area contributed by atoms with Crippen LogP contribution in [-0.2, 0) is 17.8 Å². The number of aryl methyl sites for hydroxylation is 1. The lowest BCUT2D eigenvalue weighted by Crippen LogP contribution is -2.50. The van der Waals surface area contributed by atoms with Gasteiger partial charge in [-0.15, -0.1) is 4.72 Å². The van der Waals surface area contributed by atoms with Gasteiger partial charge in [-0.25, -0.2) is 9.97 Å². The smallest absolute Gasteiger partial charge is 0.226 e. The third-order valence-corrected chi connectivity index (χ3v) is 7.86. The van der Waals surface area contributed by atoms with E-state index in [2.05, 4.69) is 49.9 Å². The van der Waals surface area contributed by atoms with Crippen LogP contribution < -0.4 is 9.62 Å². The number of rotatable bonds is 3. The zero-order valence-electron chi connectivity index (χ0n) is 18.1. The summed E-state index contributed by atoms with van der Waals surface area (Å²) in [6.45, 7) is 9.56. The molecule has 2 atom stereocenters. The van der Waals surface area contributed by atoms with E-state index in [1.807, 2.05) is 27.7 Å². The molecule has 1 aliphatic heterocycles. The van der Waals surface area contributed by atoms with E-state index in [0.29, 0.717) is 11.6 Å². The van der Waals surface area contributed by atoms with Gasteiger partial charge in [0.2, 0.25) is 5.95 Å². The van der Waals surface area contributed by atoms with Gasteiger partial charge in [-0.1, -0.05) is 24.3 Å². The molecule has 1 spiro atoms. The maximum Gasteiger partial charge on any atom is 0.226 e. The van der Waals surface area contributed by atoms with Crippen molar-refractivity contribution in [3.63, 3.8) is 0 Å². The summed E-state index contributed by atoms with van der Waals surface area (Å²) in [7, 11) is 0. The van der Waals surface area contributed by atoms with Crippen molar-refractivity contribution in [2.24, 2.45) is 5.41 Å². The van der Waals surface area contributed by atoms with Crippen LogP contribution in [0, 0.1) is 23.7 Å². The van der Waals surface area contributed by atoms with Crippen LogP contribution in [0.4, 0.5) is 5.95 Å². The van der Waals surface area contributed by atoms with Crippen LogP contribution in [0.2, 0.25) is 0 Å². The van der Waals surface area contributed by atoms with Crippen molar-refractivity contribution in [3.05, 3.63) is 52.8 Å². The van der Waals surface area contributed by atoms with E-state index in [4.69, 9.17) is 0 Å². The molecule has 2 aromatic rings. The maximum absolute atomic E-state index is 13.0. The highest BCUT2D eigenvalue weighted by molar-refractivity contribution is 7.90. The summed E-state index contributed by atoms with van der Waals surface area (Å²) in [4.78, 5) is 11.2. The van der Waals surface area contributed by atoms with Crippen LogP contribution in [0.3, 0.4) is 0 Å². The van der Waals surface area contributed by atoms with Gasteiger partial charge in [0.05, 0.1) is 6.04 Å². The molecule has 1 saturated heterocycles. The minimum Gasteiger partial charge on any atom is -0.598 e. The van der Waals surface area contributed by atoms with E-state index in [0.717, 1.165) is 38.0 Å². The second kappa shape index (κ2) is 7.84. The predicted molar refractivity (Wildman–Crippen MR) is 119 cm³/mol. The average molecular weight is 424 g/mol. The molecule has 30 heavy (non-hydrogen) atoms. The number of hydrogen-bond acceptors (Lipinski definition) is 6. The predicted octanol–water partition coefficient (Wildman–Crippen LogP) is 3.59. The van der Waals surface area contributed by atoms with E-state index in [-0.39, 0.29) is 16.2 Å². The molecule has 1 aliphatic carbocycles. The largest absolute Gasteiger partial charge is 0.598 e. The van der Waals surface area contributed by atoms with Crippen molar-refractivity contribution >= 4 is 17.3 Å². The molecule has 6 nitrogen and oxygen atoms in total. The topological polar surface area (TPSA) is 87.9 Å². The Morgan fingerprint density at radius 3 is 2.60 bits per heavy atom. The number of nitriles is 1. The molecule has 7 heteroatoms. The molecule has 158 valence electrons. The van der Waals surface area contributed by atoms with Crippen molar-refractivity contribution in [2.45, 2.75) is 57.7 Å². The number of piperidine rings is 1. The lowest BCUT2D eigenvalue weighted by Gasteiger charge is -2.43. The maximum atomic E-state index is 13.0.